The van der Waals surface area contributed by atoms with Crippen LogP contribution in [0, 0.1) is 13.8 Å². The molecule has 1 N–H and O–H groups in total. The van der Waals surface area contributed by atoms with Crippen LogP contribution in [0.15, 0.2) is 71.7 Å². The number of aryl methyl sites for hydroxylation is 2. The van der Waals surface area contributed by atoms with Gasteiger partial charge in [-0.3, -0.25) is 0 Å². The van der Waals surface area contributed by atoms with Crippen molar-refractivity contribution < 1.29 is 9.53 Å². The summed E-state index contributed by atoms with van der Waals surface area (Å²) < 4.78 is 6.26. The van der Waals surface area contributed by atoms with Gasteiger partial charge in [-0.25, -0.2) is 9.79 Å². The van der Waals surface area contributed by atoms with Crippen molar-refractivity contribution in [1.29, 1.82) is 0 Å². The second kappa shape index (κ2) is 9.21. The van der Waals surface area contributed by atoms with Crippen molar-refractivity contribution in [3.63, 3.8) is 0 Å². The van der Waals surface area contributed by atoms with Crippen LogP contribution in [0.2, 0.25) is 0 Å². The Morgan fingerprint density at radius 1 is 1.00 bits per heavy atom. The Hall–Kier alpha value is -3.80. The van der Waals surface area contributed by atoms with Crippen molar-refractivity contribution >= 4 is 17.6 Å². The van der Waals surface area contributed by atoms with E-state index in [2.05, 4.69) is 55.3 Å². The highest BCUT2D eigenvalue weighted by atomic mass is 16.5. The van der Waals surface area contributed by atoms with E-state index in [-0.39, 0.29) is 12.1 Å². The Kier molecular flexibility index (Phi) is 5.97. The summed E-state index contributed by atoms with van der Waals surface area (Å²) in [7, 11) is 0. The van der Waals surface area contributed by atoms with E-state index in [1.54, 1.807) is 0 Å². The quantitative estimate of drug-likeness (QED) is 0.564. The van der Waals surface area contributed by atoms with E-state index in [1.165, 1.54) is 5.56 Å². The molecule has 0 saturated carbocycles. The summed E-state index contributed by atoms with van der Waals surface area (Å²) in [6, 6.07) is 22.4. The molecular weight excluding hydrogens is 424 g/mol. The van der Waals surface area contributed by atoms with Crippen LogP contribution in [0.25, 0.3) is 0 Å². The minimum atomic E-state index is -0.0268. The smallest absolute Gasteiger partial charge is 0.318 e. The summed E-state index contributed by atoms with van der Waals surface area (Å²) in [6.45, 7) is 8.77. The fourth-order valence-electron chi connectivity index (χ4n) is 4.62. The van der Waals surface area contributed by atoms with Gasteiger partial charge in [0.05, 0.1) is 5.56 Å². The zero-order valence-electron chi connectivity index (χ0n) is 19.9. The Labute approximate surface area is 200 Å². The highest BCUT2D eigenvalue weighted by Crippen LogP contribution is 2.38. The average Bonchev–Trinajstić information content (AvgIpc) is 2.99. The summed E-state index contributed by atoms with van der Waals surface area (Å²) in [5.41, 5.74) is 5.23. The molecule has 2 aliphatic rings. The van der Waals surface area contributed by atoms with Crippen molar-refractivity contribution in [2.45, 2.75) is 33.4 Å². The molecule has 1 saturated heterocycles. The first-order valence-corrected chi connectivity index (χ1v) is 11.8. The minimum absolute atomic E-state index is 0.0268. The summed E-state index contributed by atoms with van der Waals surface area (Å²) in [6.07, 6.45) is 0. The van der Waals surface area contributed by atoms with Gasteiger partial charge >= 0.3 is 6.03 Å². The highest BCUT2D eigenvalue weighted by molar-refractivity contribution is 6.03. The lowest BCUT2D eigenvalue weighted by Gasteiger charge is -2.41. The minimum Gasteiger partial charge on any atom is -0.454 e. The van der Waals surface area contributed by atoms with Crippen LogP contribution in [-0.4, -0.2) is 47.3 Å². The number of benzene rings is 3. The standard InChI is InChI=1S/C28H30N4O2/c1-19-7-6-8-22(15-19)17-29-28(33)32-14-13-31(18-21(32)3)27-23-9-4-5-10-25(23)34-26-16-20(2)11-12-24(26)30-27/h4-12,15-16,21H,13-14,17-18H2,1-3H3,(H,29,33)/t21-/m1/s1. The highest BCUT2D eigenvalue weighted by Gasteiger charge is 2.31. The number of fused-ring (bicyclic) bond motifs is 2. The molecule has 1 fully saturated rings. The van der Waals surface area contributed by atoms with Crippen molar-refractivity contribution in [2.75, 3.05) is 19.6 Å². The van der Waals surface area contributed by atoms with E-state index >= 15 is 0 Å². The van der Waals surface area contributed by atoms with Crippen LogP contribution in [0.3, 0.4) is 0 Å². The number of hydrogen-bond acceptors (Lipinski definition) is 4. The largest absolute Gasteiger partial charge is 0.454 e. The van der Waals surface area contributed by atoms with Crippen LogP contribution >= 0.6 is 0 Å². The maximum atomic E-state index is 12.9. The van der Waals surface area contributed by atoms with Crippen LogP contribution in [-0.2, 0) is 6.54 Å². The normalized spacial score (nSPS) is 17.1. The van der Waals surface area contributed by atoms with Gasteiger partial charge in [0.1, 0.15) is 17.3 Å². The molecule has 6 nitrogen and oxygen atoms in total. The van der Waals surface area contributed by atoms with E-state index in [9.17, 15) is 4.79 Å². The second-order valence-corrected chi connectivity index (χ2v) is 9.14. The summed E-state index contributed by atoms with van der Waals surface area (Å²) >= 11 is 0. The van der Waals surface area contributed by atoms with Gasteiger partial charge in [0.15, 0.2) is 5.75 Å². The summed E-state index contributed by atoms with van der Waals surface area (Å²) in [4.78, 5) is 22.2. The van der Waals surface area contributed by atoms with E-state index in [1.807, 2.05) is 47.4 Å². The number of amidine groups is 1. The number of nitrogens with one attached hydrogen (secondary N) is 1. The van der Waals surface area contributed by atoms with E-state index in [0.29, 0.717) is 26.2 Å². The number of amides is 2. The van der Waals surface area contributed by atoms with Crippen LogP contribution in [0.5, 0.6) is 11.5 Å². The van der Waals surface area contributed by atoms with E-state index in [4.69, 9.17) is 9.73 Å². The third-order valence-electron chi connectivity index (χ3n) is 6.40. The lowest BCUT2D eigenvalue weighted by Crippen LogP contribution is -2.57. The number of hydrogen-bond donors (Lipinski definition) is 1. The number of carbonyl (C=O) groups is 1. The molecule has 6 heteroatoms. The third kappa shape index (κ3) is 4.49. The molecule has 3 aromatic rings. The van der Waals surface area contributed by atoms with E-state index < -0.39 is 0 Å². The molecule has 1 atom stereocenters. The van der Waals surface area contributed by atoms with Gasteiger partial charge in [0.2, 0.25) is 0 Å². The maximum Gasteiger partial charge on any atom is 0.318 e. The Morgan fingerprint density at radius 3 is 2.65 bits per heavy atom. The molecule has 5 rings (SSSR count). The zero-order chi connectivity index (χ0) is 23.7. The number of para-hydroxylation sites is 1. The van der Waals surface area contributed by atoms with Gasteiger partial charge in [-0.05, 0) is 56.2 Å². The molecule has 3 aromatic carbocycles. The molecule has 174 valence electrons. The number of ether oxygens (including phenoxy) is 1. The van der Waals surface area contributed by atoms with Gasteiger partial charge in [-0.15, -0.1) is 0 Å². The first-order valence-electron chi connectivity index (χ1n) is 11.8. The SMILES string of the molecule is Cc1cccc(CNC(=O)N2CCN(C3=Nc4ccc(C)cc4Oc4ccccc43)C[C@H]2C)c1. The van der Waals surface area contributed by atoms with Gasteiger partial charge in [-0.1, -0.05) is 48.0 Å². The van der Waals surface area contributed by atoms with Crippen molar-refractivity contribution in [1.82, 2.24) is 15.1 Å². The van der Waals surface area contributed by atoms with Gasteiger partial charge in [0, 0.05) is 32.2 Å². The monoisotopic (exact) mass is 454 g/mol. The van der Waals surface area contributed by atoms with Crippen molar-refractivity contribution in [3.8, 4) is 11.5 Å². The molecule has 2 heterocycles. The topological polar surface area (TPSA) is 57.2 Å². The maximum absolute atomic E-state index is 12.9. The lowest BCUT2D eigenvalue weighted by atomic mass is 10.1. The fraction of sp³-hybridized carbons (Fsp3) is 0.286. The predicted octanol–water partition coefficient (Wildman–Crippen LogP) is 5.40. The van der Waals surface area contributed by atoms with Gasteiger partial charge < -0.3 is 19.9 Å². The lowest BCUT2D eigenvalue weighted by molar-refractivity contribution is 0.134. The van der Waals surface area contributed by atoms with E-state index in [0.717, 1.165) is 39.7 Å². The number of aliphatic imine (C=N–C) groups is 1. The molecule has 0 radical (unpaired) electrons. The first kappa shape index (κ1) is 22.0. The summed E-state index contributed by atoms with van der Waals surface area (Å²) in [5, 5.41) is 3.08. The first-order chi connectivity index (χ1) is 16.5. The third-order valence-corrected chi connectivity index (χ3v) is 6.40. The van der Waals surface area contributed by atoms with Crippen molar-refractivity contribution in [3.05, 3.63) is 89.0 Å². The van der Waals surface area contributed by atoms with Crippen LogP contribution in [0.1, 0.15) is 29.2 Å². The second-order valence-electron chi connectivity index (χ2n) is 9.14. The molecule has 0 spiro atoms. The number of urea groups is 1. The van der Waals surface area contributed by atoms with Crippen LogP contribution < -0.4 is 10.1 Å². The van der Waals surface area contributed by atoms with Gasteiger partial charge in [0.25, 0.3) is 0 Å². The number of rotatable bonds is 2. The number of nitrogens with zero attached hydrogens (tertiary/aromatic N) is 3. The number of carbonyl (C=O) groups excluding carboxylic acids is 1. The Morgan fingerprint density at radius 2 is 1.82 bits per heavy atom. The molecule has 34 heavy (non-hydrogen) atoms. The number of piperazine rings is 1. The van der Waals surface area contributed by atoms with Crippen LogP contribution in [0.4, 0.5) is 10.5 Å². The molecule has 0 bridgehead atoms. The zero-order valence-corrected chi connectivity index (χ0v) is 19.9. The predicted molar refractivity (Wildman–Crippen MR) is 135 cm³/mol. The average molecular weight is 455 g/mol. The fourth-order valence-corrected chi connectivity index (χ4v) is 4.62. The molecule has 0 unspecified atom stereocenters. The van der Waals surface area contributed by atoms with Crippen molar-refractivity contribution in [2.24, 2.45) is 4.99 Å². The molecule has 0 aromatic heterocycles. The molecule has 2 aliphatic heterocycles. The Bertz CT molecular complexity index is 1250. The van der Waals surface area contributed by atoms with Gasteiger partial charge in [-0.2, -0.15) is 0 Å². The Balaban J connectivity index is 1.33. The molecule has 0 aliphatic carbocycles. The molecular formula is C28H30N4O2. The molecule has 2 amide bonds. The summed E-state index contributed by atoms with van der Waals surface area (Å²) in [5.74, 6) is 2.46.